The van der Waals surface area contributed by atoms with Crippen LogP contribution in [0.2, 0.25) is 0 Å². The molecule has 0 saturated heterocycles. The lowest BCUT2D eigenvalue weighted by molar-refractivity contribution is 0.540. The molecule has 4 aromatic rings. The lowest BCUT2D eigenvalue weighted by atomic mass is 9.94. The first-order valence-electron chi connectivity index (χ1n) is 10.5. The summed E-state index contributed by atoms with van der Waals surface area (Å²) in [7, 11) is -1.96. The average molecular weight is 498 g/mol. The third-order valence-electron chi connectivity index (χ3n) is 5.52. The maximum atomic E-state index is 15.0. The maximum absolute atomic E-state index is 15.0. The van der Waals surface area contributed by atoms with E-state index in [1.165, 1.54) is 17.0 Å². The van der Waals surface area contributed by atoms with Crippen molar-refractivity contribution in [2.75, 3.05) is 17.8 Å². The molecule has 34 heavy (non-hydrogen) atoms. The number of oxazole rings is 1. The fraction of sp³-hybridized carbons (Fsp3) is 0.174. The molecule has 0 radical (unpaired) electrons. The van der Waals surface area contributed by atoms with Crippen LogP contribution < -0.4 is 15.8 Å². The summed E-state index contributed by atoms with van der Waals surface area (Å²) in [5.41, 5.74) is 3.57. The fourth-order valence-corrected chi connectivity index (χ4v) is 5.39. The molecule has 174 valence electrons. The van der Waals surface area contributed by atoms with Crippen LogP contribution in [0, 0.1) is 5.82 Å². The van der Waals surface area contributed by atoms with Crippen molar-refractivity contribution in [3.8, 4) is 0 Å². The largest absolute Gasteiger partial charge is 0.424 e. The van der Waals surface area contributed by atoms with Crippen LogP contribution >= 0.6 is 11.5 Å². The molecule has 1 unspecified atom stereocenters. The van der Waals surface area contributed by atoms with Gasteiger partial charge in [0.15, 0.2) is 16.6 Å². The van der Waals surface area contributed by atoms with Gasteiger partial charge in [-0.25, -0.2) is 22.9 Å². The number of fused-ring (bicyclic) bond motifs is 1. The van der Waals surface area contributed by atoms with Crippen LogP contribution in [0.1, 0.15) is 24.0 Å². The van der Waals surface area contributed by atoms with Gasteiger partial charge in [-0.2, -0.15) is 4.37 Å². The van der Waals surface area contributed by atoms with Crippen LogP contribution in [0.3, 0.4) is 0 Å². The van der Waals surface area contributed by atoms with Gasteiger partial charge < -0.3 is 9.73 Å². The van der Waals surface area contributed by atoms with Gasteiger partial charge in [-0.1, -0.05) is 36.9 Å². The first-order chi connectivity index (χ1) is 16.5. The molecule has 2 N–H and O–H groups in total. The lowest BCUT2D eigenvalue weighted by Gasteiger charge is -2.15. The number of rotatable bonds is 6. The minimum atomic E-state index is -1.96. The van der Waals surface area contributed by atoms with E-state index in [1.807, 2.05) is 24.3 Å². The van der Waals surface area contributed by atoms with E-state index in [9.17, 15) is 9.00 Å². The molecule has 0 fully saturated rings. The average Bonchev–Trinajstić information content (AvgIpc) is 3.35. The molecule has 1 aliphatic heterocycles. The smallest absolute Gasteiger partial charge is 0.407 e. The summed E-state index contributed by atoms with van der Waals surface area (Å²) in [5.74, 6) is -1.46. The lowest BCUT2D eigenvalue weighted by Crippen LogP contribution is -2.14. The fourth-order valence-electron chi connectivity index (χ4n) is 3.95. The number of aromatic nitrogens is 3. The van der Waals surface area contributed by atoms with E-state index in [0.717, 1.165) is 60.2 Å². The standard InChI is InChI=1S/C23H20FN5O3S2/c1-14(16-6-2-3-7-17(16)15-5-4-9-25-10-8-15)29-19-11-18(24)21(12-20(19)32-23(29)30)34(31)28-22-26-13-27-33-22/h2-3,6-8,11-13,25H,1,4-5,9-10H2,(H,26,27,28). The molecule has 0 spiro atoms. The Hall–Kier alpha value is -3.41. The van der Waals surface area contributed by atoms with Crippen molar-refractivity contribution in [3.63, 3.8) is 0 Å². The summed E-state index contributed by atoms with van der Waals surface area (Å²) in [4.78, 5) is 16.5. The molecule has 0 aliphatic carbocycles. The zero-order valence-corrected chi connectivity index (χ0v) is 19.5. The van der Waals surface area contributed by atoms with Gasteiger partial charge >= 0.3 is 5.76 Å². The van der Waals surface area contributed by atoms with Crippen LogP contribution in [0.25, 0.3) is 22.4 Å². The van der Waals surface area contributed by atoms with Gasteiger partial charge in [-0.15, -0.1) is 0 Å². The highest BCUT2D eigenvalue weighted by Gasteiger charge is 2.21. The van der Waals surface area contributed by atoms with E-state index in [2.05, 4.69) is 32.1 Å². The topological polar surface area (TPSA) is 102 Å². The van der Waals surface area contributed by atoms with Crippen molar-refractivity contribution in [1.29, 1.82) is 0 Å². The van der Waals surface area contributed by atoms with E-state index in [4.69, 9.17) is 4.42 Å². The predicted octanol–water partition coefficient (Wildman–Crippen LogP) is 4.01. The van der Waals surface area contributed by atoms with Crippen molar-refractivity contribution < 1.29 is 13.0 Å². The number of halogens is 1. The number of hydrogen-bond acceptors (Lipinski definition) is 7. The van der Waals surface area contributed by atoms with Crippen molar-refractivity contribution in [2.45, 2.75) is 17.7 Å². The van der Waals surface area contributed by atoms with Crippen molar-refractivity contribution in [1.82, 2.24) is 19.2 Å². The third kappa shape index (κ3) is 4.25. The SMILES string of the molecule is C=C(c1ccccc1C1=CCNCCC1)n1c(=O)oc2cc(S(=O)Nc3ncns3)c(F)cc21. The molecular weight excluding hydrogens is 477 g/mol. The van der Waals surface area contributed by atoms with Gasteiger partial charge in [0.1, 0.15) is 12.1 Å². The number of allylic oxidation sites excluding steroid dienone is 1. The van der Waals surface area contributed by atoms with Crippen LogP contribution in [0.15, 0.2) is 69.5 Å². The van der Waals surface area contributed by atoms with Gasteiger partial charge in [0.05, 0.1) is 16.1 Å². The van der Waals surface area contributed by atoms with Gasteiger partial charge in [-0.3, -0.25) is 4.72 Å². The second-order valence-corrected chi connectivity index (χ2v) is 9.56. The number of hydrogen-bond donors (Lipinski definition) is 2. The van der Waals surface area contributed by atoms with Crippen LogP contribution in [0.4, 0.5) is 9.52 Å². The Bertz CT molecular complexity index is 1490. The second kappa shape index (κ2) is 9.45. The Morgan fingerprint density at radius 2 is 2.18 bits per heavy atom. The molecule has 1 aliphatic rings. The molecule has 0 bridgehead atoms. The Kier molecular flexibility index (Phi) is 6.22. The van der Waals surface area contributed by atoms with Crippen LogP contribution in [0.5, 0.6) is 0 Å². The summed E-state index contributed by atoms with van der Waals surface area (Å²) in [5, 5.41) is 3.63. The minimum Gasteiger partial charge on any atom is -0.407 e. The summed E-state index contributed by atoms with van der Waals surface area (Å²) in [6, 6.07) is 10.1. The normalized spacial score (nSPS) is 15.0. The molecule has 2 aromatic heterocycles. The molecule has 0 amide bonds. The van der Waals surface area contributed by atoms with Crippen LogP contribution in [-0.2, 0) is 11.0 Å². The summed E-state index contributed by atoms with van der Waals surface area (Å²) < 4.78 is 40.7. The molecule has 2 aromatic carbocycles. The third-order valence-corrected chi connectivity index (χ3v) is 7.32. The number of nitrogens with zero attached hydrogens (tertiary/aromatic N) is 3. The molecule has 0 saturated carbocycles. The Labute approximate surface area is 200 Å². The highest BCUT2D eigenvalue weighted by Crippen LogP contribution is 2.31. The molecule has 3 heterocycles. The Morgan fingerprint density at radius 1 is 1.32 bits per heavy atom. The zero-order valence-electron chi connectivity index (χ0n) is 17.9. The summed E-state index contributed by atoms with van der Waals surface area (Å²) >= 11 is 0.992. The number of benzene rings is 2. The highest BCUT2D eigenvalue weighted by atomic mass is 32.2. The van der Waals surface area contributed by atoms with E-state index in [0.29, 0.717) is 5.70 Å². The van der Waals surface area contributed by atoms with Gasteiger partial charge in [0, 0.05) is 35.8 Å². The summed E-state index contributed by atoms with van der Waals surface area (Å²) in [6.45, 7) is 5.85. The zero-order chi connectivity index (χ0) is 23.7. The second-order valence-electron chi connectivity index (χ2n) is 7.60. The molecular formula is C23H20FN5O3S2. The first kappa shape index (κ1) is 22.4. The predicted molar refractivity (Wildman–Crippen MR) is 131 cm³/mol. The highest BCUT2D eigenvalue weighted by molar-refractivity contribution is 7.86. The van der Waals surface area contributed by atoms with E-state index >= 15 is 4.39 Å². The van der Waals surface area contributed by atoms with Gasteiger partial charge in [0.2, 0.25) is 5.13 Å². The number of anilines is 1. The van der Waals surface area contributed by atoms with Crippen LogP contribution in [-0.4, -0.2) is 31.2 Å². The van der Waals surface area contributed by atoms with E-state index < -0.39 is 22.6 Å². The van der Waals surface area contributed by atoms with Crippen molar-refractivity contribution in [2.24, 2.45) is 0 Å². The van der Waals surface area contributed by atoms with E-state index in [1.54, 1.807) is 0 Å². The first-order valence-corrected chi connectivity index (χ1v) is 12.4. The Morgan fingerprint density at radius 3 is 3.00 bits per heavy atom. The molecule has 11 heteroatoms. The maximum Gasteiger partial charge on any atom is 0.424 e. The monoisotopic (exact) mass is 497 g/mol. The van der Waals surface area contributed by atoms with Gasteiger partial charge in [0.25, 0.3) is 0 Å². The molecule has 5 rings (SSSR count). The Balaban J connectivity index is 1.55. The summed E-state index contributed by atoms with van der Waals surface area (Å²) in [6.07, 6.45) is 5.33. The van der Waals surface area contributed by atoms with Crippen molar-refractivity contribution in [3.05, 3.63) is 82.9 Å². The molecule has 1 atom stereocenters. The van der Waals surface area contributed by atoms with Crippen molar-refractivity contribution >= 4 is 50.0 Å². The van der Waals surface area contributed by atoms with E-state index in [-0.39, 0.29) is 21.1 Å². The minimum absolute atomic E-state index is 0.102. The number of nitrogens with one attached hydrogen (secondary N) is 2. The molecule has 8 nitrogen and oxygen atoms in total. The van der Waals surface area contributed by atoms with Gasteiger partial charge in [-0.05, 0) is 30.5 Å². The quantitative estimate of drug-likeness (QED) is 0.417.